The van der Waals surface area contributed by atoms with Crippen LogP contribution in [0.25, 0.3) is 22.1 Å². The van der Waals surface area contributed by atoms with Crippen molar-refractivity contribution in [2.24, 2.45) is 0 Å². The molecule has 0 bridgehead atoms. The van der Waals surface area contributed by atoms with Gasteiger partial charge in [-0.15, -0.1) is 10.2 Å². The monoisotopic (exact) mass is 241 g/mol. The Morgan fingerprint density at radius 2 is 2.11 bits per heavy atom. The quantitative estimate of drug-likeness (QED) is 0.689. The van der Waals surface area contributed by atoms with E-state index in [1.165, 1.54) is 0 Å². The first-order chi connectivity index (χ1) is 8.88. The molecule has 0 atom stereocenters. The number of nitrogens with one attached hydrogen (secondary N) is 2. The predicted octanol–water partition coefficient (Wildman–Crippen LogP) is 2.72. The van der Waals surface area contributed by atoms with Crippen LogP contribution in [0.4, 0.5) is 5.95 Å². The Labute approximate surface area is 105 Å². The van der Waals surface area contributed by atoms with Gasteiger partial charge in [0.2, 0.25) is 5.95 Å². The van der Waals surface area contributed by atoms with Crippen LogP contribution in [0.5, 0.6) is 0 Å². The van der Waals surface area contributed by atoms with Crippen molar-refractivity contribution in [3.8, 4) is 0 Å². The second-order valence-corrected chi connectivity index (χ2v) is 4.28. The minimum absolute atomic E-state index is 0.586. The topological polar surface area (TPSA) is 66.5 Å². The summed E-state index contributed by atoms with van der Waals surface area (Å²) in [5.74, 6) is 0.586. The van der Waals surface area contributed by atoms with Gasteiger partial charge in [-0.3, -0.25) is 0 Å². The number of benzene rings is 1. The van der Waals surface area contributed by atoms with Gasteiger partial charge < -0.3 is 10.3 Å². The Kier molecular flexibility index (Phi) is 2.80. The van der Waals surface area contributed by atoms with E-state index in [0.29, 0.717) is 5.95 Å². The number of para-hydroxylation sites is 1. The highest BCUT2D eigenvalue weighted by Crippen LogP contribution is 2.21. The molecular formula is C13H15N5. The fraction of sp³-hybridized carbons (Fsp3) is 0.308. The number of fused-ring (bicyclic) bond motifs is 3. The molecule has 18 heavy (non-hydrogen) atoms. The molecule has 1 aromatic carbocycles. The van der Waals surface area contributed by atoms with Gasteiger partial charge in [-0.2, -0.15) is 4.98 Å². The first-order valence-electron chi connectivity index (χ1n) is 6.23. The van der Waals surface area contributed by atoms with E-state index in [0.717, 1.165) is 41.5 Å². The number of hydrogen-bond donors (Lipinski definition) is 2. The lowest BCUT2D eigenvalue weighted by Gasteiger charge is -2.01. The average molecular weight is 241 g/mol. The summed E-state index contributed by atoms with van der Waals surface area (Å²) in [5, 5.41) is 12.6. The van der Waals surface area contributed by atoms with E-state index in [-0.39, 0.29) is 0 Å². The van der Waals surface area contributed by atoms with Gasteiger partial charge in [0.1, 0.15) is 5.52 Å². The number of rotatable bonds is 4. The van der Waals surface area contributed by atoms with Crippen LogP contribution in [0.3, 0.4) is 0 Å². The van der Waals surface area contributed by atoms with Crippen LogP contribution in [0.2, 0.25) is 0 Å². The van der Waals surface area contributed by atoms with E-state index < -0.39 is 0 Å². The van der Waals surface area contributed by atoms with Crippen LogP contribution in [0, 0.1) is 0 Å². The summed E-state index contributed by atoms with van der Waals surface area (Å²) in [6.07, 6.45) is 2.25. The molecule has 2 N–H and O–H groups in total. The predicted molar refractivity (Wildman–Crippen MR) is 72.6 cm³/mol. The van der Waals surface area contributed by atoms with E-state index in [9.17, 15) is 0 Å². The smallest absolute Gasteiger partial charge is 0.244 e. The van der Waals surface area contributed by atoms with Gasteiger partial charge in [0, 0.05) is 17.4 Å². The van der Waals surface area contributed by atoms with Crippen molar-refractivity contribution < 1.29 is 0 Å². The van der Waals surface area contributed by atoms with Crippen molar-refractivity contribution in [1.29, 1.82) is 0 Å². The molecule has 0 radical (unpaired) electrons. The lowest BCUT2D eigenvalue weighted by Crippen LogP contribution is -2.05. The Hall–Kier alpha value is -2.17. The van der Waals surface area contributed by atoms with Crippen LogP contribution < -0.4 is 5.32 Å². The van der Waals surface area contributed by atoms with Crippen LogP contribution >= 0.6 is 0 Å². The van der Waals surface area contributed by atoms with Crippen molar-refractivity contribution in [2.75, 3.05) is 11.9 Å². The van der Waals surface area contributed by atoms with E-state index in [1.807, 2.05) is 24.3 Å². The zero-order chi connectivity index (χ0) is 12.4. The Balaban J connectivity index is 1.99. The number of nitrogens with zero attached hydrogens (tertiary/aromatic N) is 3. The van der Waals surface area contributed by atoms with Gasteiger partial charge >= 0.3 is 0 Å². The Morgan fingerprint density at radius 1 is 1.22 bits per heavy atom. The second kappa shape index (κ2) is 4.60. The summed E-state index contributed by atoms with van der Waals surface area (Å²) >= 11 is 0. The highest BCUT2D eigenvalue weighted by molar-refractivity contribution is 6.03. The van der Waals surface area contributed by atoms with Gasteiger partial charge in [0.25, 0.3) is 0 Å². The number of aromatic nitrogens is 4. The van der Waals surface area contributed by atoms with Gasteiger partial charge in [-0.05, 0) is 12.5 Å². The highest BCUT2D eigenvalue weighted by Gasteiger charge is 2.07. The number of hydrogen-bond acceptors (Lipinski definition) is 4. The number of unbranched alkanes of at least 4 members (excludes halogenated alkanes) is 1. The highest BCUT2D eigenvalue weighted by atomic mass is 15.2. The molecule has 0 spiro atoms. The standard InChI is InChI=1S/C13H15N5/c1-2-3-8-14-13-16-12-11(17-18-13)9-6-4-5-7-10(9)15-12/h4-7H,2-3,8H2,1H3,(H2,14,15,16,18). The molecule has 3 rings (SSSR count). The first-order valence-corrected chi connectivity index (χ1v) is 6.23. The third-order valence-corrected chi connectivity index (χ3v) is 2.94. The molecule has 0 saturated carbocycles. The summed E-state index contributed by atoms with van der Waals surface area (Å²) in [7, 11) is 0. The fourth-order valence-corrected chi connectivity index (χ4v) is 1.97. The largest absolute Gasteiger partial charge is 0.353 e. The van der Waals surface area contributed by atoms with Gasteiger partial charge in [0.15, 0.2) is 5.65 Å². The van der Waals surface area contributed by atoms with E-state index in [4.69, 9.17) is 0 Å². The molecule has 0 fully saturated rings. The number of H-pyrrole nitrogens is 1. The van der Waals surface area contributed by atoms with Crippen LogP contribution in [0.1, 0.15) is 19.8 Å². The molecule has 0 aliphatic rings. The molecular weight excluding hydrogens is 226 g/mol. The number of aromatic amines is 1. The normalized spacial score (nSPS) is 11.2. The summed E-state index contributed by atoms with van der Waals surface area (Å²) < 4.78 is 0. The molecule has 0 aliphatic carbocycles. The molecule has 2 heterocycles. The maximum absolute atomic E-state index is 4.44. The zero-order valence-corrected chi connectivity index (χ0v) is 10.3. The fourth-order valence-electron chi connectivity index (χ4n) is 1.97. The van der Waals surface area contributed by atoms with E-state index in [1.54, 1.807) is 0 Å². The zero-order valence-electron chi connectivity index (χ0n) is 10.3. The first kappa shape index (κ1) is 11.0. The van der Waals surface area contributed by atoms with Crippen LogP contribution in [-0.4, -0.2) is 26.7 Å². The van der Waals surface area contributed by atoms with Crippen molar-refractivity contribution in [2.45, 2.75) is 19.8 Å². The number of anilines is 1. The average Bonchev–Trinajstić information content (AvgIpc) is 2.76. The van der Waals surface area contributed by atoms with Crippen molar-refractivity contribution >= 4 is 28.0 Å². The van der Waals surface area contributed by atoms with Gasteiger partial charge in [-0.1, -0.05) is 31.5 Å². The minimum Gasteiger partial charge on any atom is -0.353 e. The van der Waals surface area contributed by atoms with Gasteiger partial charge in [-0.25, -0.2) is 0 Å². The summed E-state index contributed by atoms with van der Waals surface area (Å²) in [6.45, 7) is 3.03. The molecule has 2 aromatic heterocycles. The third-order valence-electron chi connectivity index (χ3n) is 2.94. The summed E-state index contributed by atoms with van der Waals surface area (Å²) in [4.78, 5) is 7.70. The molecule has 0 unspecified atom stereocenters. The SMILES string of the molecule is CCCCNc1nnc2c(n1)[nH]c1ccccc12. The molecule has 0 aliphatic heterocycles. The third kappa shape index (κ3) is 1.88. The van der Waals surface area contributed by atoms with Crippen molar-refractivity contribution in [3.05, 3.63) is 24.3 Å². The van der Waals surface area contributed by atoms with Crippen LogP contribution in [-0.2, 0) is 0 Å². The molecule has 3 aromatic rings. The maximum atomic E-state index is 4.44. The van der Waals surface area contributed by atoms with Crippen molar-refractivity contribution in [1.82, 2.24) is 20.2 Å². The minimum atomic E-state index is 0.586. The Bertz CT molecular complexity index is 673. The lowest BCUT2D eigenvalue weighted by atomic mass is 10.2. The van der Waals surface area contributed by atoms with E-state index >= 15 is 0 Å². The van der Waals surface area contributed by atoms with Crippen molar-refractivity contribution in [3.63, 3.8) is 0 Å². The second-order valence-electron chi connectivity index (χ2n) is 4.28. The molecule has 92 valence electrons. The Morgan fingerprint density at radius 3 is 3.00 bits per heavy atom. The maximum Gasteiger partial charge on any atom is 0.244 e. The lowest BCUT2D eigenvalue weighted by molar-refractivity contribution is 0.822. The van der Waals surface area contributed by atoms with Gasteiger partial charge in [0.05, 0.1) is 0 Å². The molecule has 0 saturated heterocycles. The summed E-state index contributed by atoms with van der Waals surface area (Å²) in [6, 6.07) is 8.02. The molecule has 0 amide bonds. The summed E-state index contributed by atoms with van der Waals surface area (Å²) in [5.41, 5.74) is 2.65. The molecule has 5 heteroatoms. The van der Waals surface area contributed by atoms with E-state index in [2.05, 4.69) is 32.4 Å². The van der Waals surface area contributed by atoms with Crippen LogP contribution in [0.15, 0.2) is 24.3 Å². The molecule has 5 nitrogen and oxygen atoms in total.